The summed E-state index contributed by atoms with van der Waals surface area (Å²) < 4.78 is 0. The highest BCUT2D eigenvalue weighted by atomic mass is 35.5. The van der Waals surface area contributed by atoms with E-state index in [1.165, 1.54) is 22.3 Å². The van der Waals surface area contributed by atoms with Crippen LogP contribution in [0.3, 0.4) is 0 Å². The van der Waals surface area contributed by atoms with Crippen LogP contribution in [0.15, 0.2) is 12.1 Å². The van der Waals surface area contributed by atoms with Crippen LogP contribution in [-0.2, 0) is 6.42 Å². The molecule has 0 amide bonds. The first-order valence-electron chi connectivity index (χ1n) is 6.60. The molecule has 0 atom stereocenters. The van der Waals surface area contributed by atoms with Crippen molar-refractivity contribution in [2.45, 2.75) is 53.9 Å². The first-order valence-corrected chi connectivity index (χ1v) is 7.14. The van der Waals surface area contributed by atoms with Crippen molar-refractivity contribution in [2.24, 2.45) is 5.41 Å². The van der Waals surface area contributed by atoms with Crippen molar-refractivity contribution in [1.29, 1.82) is 0 Å². The molecule has 17 heavy (non-hydrogen) atoms. The van der Waals surface area contributed by atoms with E-state index in [9.17, 15) is 0 Å². The Bertz CT molecular complexity index is 344. The predicted molar refractivity (Wildman–Crippen MR) is 78.1 cm³/mol. The summed E-state index contributed by atoms with van der Waals surface area (Å²) in [5, 5.41) is 0. The van der Waals surface area contributed by atoms with Gasteiger partial charge < -0.3 is 0 Å². The molecular weight excluding hydrogens is 228 g/mol. The molecule has 1 heteroatoms. The monoisotopic (exact) mass is 252 g/mol. The van der Waals surface area contributed by atoms with E-state index in [2.05, 4.69) is 46.8 Å². The van der Waals surface area contributed by atoms with E-state index in [0.29, 0.717) is 0 Å². The summed E-state index contributed by atoms with van der Waals surface area (Å²) in [6, 6.07) is 4.57. The molecule has 0 bridgehead atoms. The highest BCUT2D eigenvalue weighted by molar-refractivity contribution is 6.18. The maximum atomic E-state index is 6.21. The molecule has 1 rings (SSSR count). The van der Waals surface area contributed by atoms with Gasteiger partial charge in [-0.1, -0.05) is 31.5 Å². The number of halogens is 1. The van der Waals surface area contributed by atoms with Crippen molar-refractivity contribution in [1.82, 2.24) is 0 Å². The second-order valence-electron chi connectivity index (χ2n) is 5.39. The lowest BCUT2D eigenvalue weighted by molar-refractivity contribution is 0.301. The summed E-state index contributed by atoms with van der Waals surface area (Å²) in [5.41, 5.74) is 5.96. The van der Waals surface area contributed by atoms with Crippen molar-refractivity contribution in [3.05, 3.63) is 34.4 Å². The molecular formula is C16H25Cl. The van der Waals surface area contributed by atoms with Gasteiger partial charge in [0.25, 0.3) is 0 Å². The van der Waals surface area contributed by atoms with Gasteiger partial charge >= 0.3 is 0 Å². The summed E-state index contributed by atoms with van der Waals surface area (Å²) >= 11 is 6.21. The molecule has 0 aromatic heterocycles. The number of benzene rings is 1. The Morgan fingerprint density at radius 2 is 1.47 bits per heavy atom. The Balaban J connectivity index is 3.09. The summed E-state index contributed by atoms with van der Waals surface area (Å²) in [4.78, 5) is 0. The molecule has 0 spiro atoms. The molecule has 1 aromatic carbocycles. The Kier molecular flexibility index (Phi) is 5.06. The molecule has 0 aliphatic rings. The fourth-order valence-corrected chi connectivity index (χ4v) is 3.07. The molecule has 0 radical (unpaired) electrons. The molecule has 0 aliphatic carbocycles. The maximum Gasteiger partial charge on any atom is 0.0282 e. The van der Waals surface area contributed by atoms with Crippen LogP contribution >= 0.6 is 11.6 Å². The summed E-state index contributed by atoms with van der Waals surface area (Å²) in [6.07, 6.45) is 3.42. The summed E-state index contributed by atoms with van der Waals surface area (Å²) in [7, 11) is 0. The van der Waals surface area contributed by atoms with Gasteiger partial charge in [-0.2, -0.15) is 0 Å². The zero-order valence-electron chi connectivity index (χ0n) is 11.9. The van der Waals surface area contributed by atoms with Crippen molar-refractivity contribution in [3.8, 4) is 0 Å². The minimum Gasteiger partial charge on any atom is -0.126 e. The normalized spacial score (nSPS) is 11.9. The van der Waals surface area contributed by atoms with Crippen LogP contribution in [0.25, 0.3) is 0 Å². The first-order chi connectivity index (χ1) is 7.98. The van der Waals surface area contributed by atoms with Gasteiger partial charge in [0.2, 0.25) is 0 Å². The lowest BCUT2D eigenvalue weighted by Crippen LogP contribution is -2.25. The maximum absolute atomic E-state index is 6.21. The number of alkyl halides is 1. The first kappa shape index (κ1) is 14.6. The van der Waals surface area contributed by atoms with Crippen LogP contribution in [0.1, 0.15) is 48.9 Å². The molecule has 0 nitrogen and oxygen atoms in total. The molecule has 0 saturated heterocycles. The van der Waals surface area contributed by atoms with Crippen molar-refractivity contribution < 1.29 is 0 Å². The van der Waals surface area contributed by atoms with Crippen molar-refractivity contribution in [2.75, 3.05) is 5.88 Å². The van der Waals surface area contributed by atoms with Gasteiger partial charge in [-0.15, -0.1) is 11.6 Å². The third kappa shape index (κ3) is 3.25. The SMILES string of the molecule is CCC(CC)(CCl)Cc1c(C)cc(C)cc1C. The van der Waals surface area contributed by atoms with Crippen LogP contribution in [0, 0.1) is 26.2 Å². The third-order valence-corrected chi connectivity index (χ3v) is 4.74. The average Bonchev–Trinajstić information content (AvgIpc) is 2.29. The fourth-order valence-electron chi connectivity index (χ4n) is 2.60. The van der Waals surface area contributed by atoms with E-state index in [0.717, 1.165) is 25.1 Å². The van der Waals surface area contributed by atoms with Gasteiger partial charge in [0.15, 0.2) is 0 Å². The van der Waals surface area contributed by atoms with Gasteiger partial charge in [0.1, 0.15) is 0 Å². The van der Waals surface area contributed by atoms with Crippen LogP contribution in [0.5, 0.6) is 0 Å². The second-order valence-corrected chi connectivity index (χ2v) is 5.66. The quantitative estimate of drug-likeness (QED) is 0.632. The number of rotatable bonds is 5. The van der Waals surface area contributed by atoms with E-state index in [1.54, 1.807) is 0 Å². The minimum absolute atomic E-state index is 0.270. The molecule has 0 unspecified atom stereocenters. The Hall–Kier alpha value is -0.490. The van der Waals surface area contributed by atoms with E-state index in [1.807, 2.05) is 0 Å². The van der Waals surface area contributed by atoms with Gasteiger partial charge in [0.05, 0.1) is 0 Å². The molecule has 0 aliphatic heterocycles. The Morgan fingerprint density at radius 3 is 1.82 bits per heavy atom. The predicted octanol–water partition coefficient (Wildman–Crippen LogP) is 5.20. The van der Waals surface area contributed by atoms with Crippen LogP contribution in [-0.4, -0.2) is 5.88 Å². The zero-order valence-corrected chi connectivity index (χ0v) is 12.6. The summed E-state index contributed by atoms with van der Waals surface area (Å²) in [6.45, 7) is 11.1. The molecule has 96 valence electrons. The number of hydrogen-bond acceptors (Lipinski definition) is 0. The van der Waals surface area contributed by atoms with E-state index < -0.39 is 0 Å². The van der Waals surface area contributed by atoms with Crippen LogP contribution in [0.4, 0.5) is 0 Å². The fraction of sp³-hybridized carbons (Fsp3) is 0.625. The lowest BCUT2D eigenvalue weighted by atomic mass is 9.76. The van der Waals surface area contributed by atoms with Gasteiger partial charge in [-0.05, 0) is 62.1 Å². The van der Waals surface area contributed by atoms with E-state index in [-0.39, 0.29) is 5.41 Å². The highest BCUT2D eigenvalue weighted by Crippen LogP contribution is 2.34. The highest BCUT2D eigenvalue weighted by Gasteiger charge is 2.26. The smallest absolute Gasteiger partial charge is 0.0282 e. The van der Waals surface area contributed by atoms with Gasteiger partial charge in [-0.3, -0.25) is 0 Å². The van der Waals surface area contributed by atoms with Crippen molar-refractivity contribution >= 4 is 11.6 Å². The Morgan fingerprint density at radius 1 is 1.00 bits per heavy atom. The largest absolute Gasteiger partial charge is 0.126 e. The Labute approximate surface area is 111 Å². The van der Waals surface area contributed by atoms with E-state index in [4.69, 9.17) is 11.6 Å². The molecule has 1 aromatic rings. The topological polar surface area (TPSA) is 0 Å². The van der Waals surface area contributed by atoms with Gasteiger partial charge in [-0.25, -0.2) is 0 Å². The van der Waals surface area contributed by atoms with Crippen molar-refractivity contribution in [3.63, 3.8) is 0 Å². The molecule has 0 fully saturated rings. The molecule has 0 N–H and O–H groups in total. The summed E-state index contributed by atoms with van der Waals surface area (Å²) in [5.74, 6) is 0.757. The standard InChI is InChI=1S/C16H25Cl/c1-6-16(7-2,11-17)10-15-13(4)8-12(3)9-14(15)5/h8-9H,6-7,10-11H2,1-5H3. The van der Waals surface area contributed by atoms with Crippen LogP contribution in [0.2, 0.25) is 0 Å². The average molecular weight is 253 g/mol. The number of hydrogen-bond donors (Lipinski definition) is 0. The minimum atomic E-state index is 0.270. The zero-order chi connectivity index (χ0) is 13.1. The molecule has 0 heterocycles. The number of aryl methyl sites for hydroxylation is 3. The van der Waals surface area contributed by atoms with Gasteiger partial charge in [0, 0.05) is 5.88 Å². The third-order valence-electron chi connectivity index (χ3n) is 4.18. The lowest BCUT2D eigenvalue weighted by Gasteiger charge is -2.31. The molecule has 0 saturated carbocycles. The van der Waals surface area contributed by atoms with Crippen LogP contribution < -0.4 is 0 Å². The van der Waals surface area contributed by atoms with E-state index >= 15 is 0 Å². The second kappa shape index (κ2) is 5.91.